The molecule has 4 amide bonds. The summed E-state index contributed by atoms with van der Waals surface area (Å²) < 4.78 is 47.2. The van der Waals surface area contributed by atoms with Gasteiger partial charge in [0.15, 0.2) is 6.04 Å². The molecule has 2 atom stereocenters. The van der Waals surface area contributed by atoms with Gasteiger partial charge in [0.05, 0.1) is 13.2 Å². The molecule has 3 aliphatic heterocycles. The molecule has 2 N–H and O–H groups in total. The van der Waals surface area contributed by atoms with Gasteiger partial charge in [0, 0.05) is 42.9 Å². The maximum absolute atomic E-state index is 14.0. The number of carbonyl (C=O) groups is 4. The number of nitrogens with zero attached hydrogens (tertiary/aromatic N) is 2. The Hall–Kier alpha value is -3.93. The number of anilines is 1. The first-order valence-electron chi connectivity index (χ1n) is 12.2. The molecule has 3 heterocycles. The number of imide groups is 1. The number of ether oxygens (including phenoxy) is 1. The maximum Gasteiger partial charge on any atom is 0.412 e. The molecular weight excluding hydrogens is 505 g/mol. The fourth-order valence-electron chi connectivity index (χ4n) is 4.98. The molecule has 0 aliphatic carbocycles. The van der Waals surface area contributed by atoms with E-state index in [1.165, 1.54) is 35.2 Å². The van der Waals surface area contributed by atoms with Crippen molar-refractivity contribution in [3.8, 4) is 0 Å². The molecule has 200 valence electrons. The number of hydrogen-bond acceptors (Lipinski definition) is 6. The highest BCUT2D eigenvalue weighted by molar-refractivity contribution is 6.06. The van der Waals surface area contributed by atoms with Crippen LogP contribution in [0.15, 0.2) is 42.5 Å². The minimum Gasteiger partial charge on any atom is -0.378 e. The Morgan fingerprint density at radius 2 is 1.76 bits per heavy atom. The van der Waals surface area contributed by atoms with Crippen molar-refractivity contribution in [1.29, 1.82) is 0 Å². The lowest BCUT2D eigenvalue weighted by molar-refractivity contribution is -0.155. The Kier molecular flexibility index (Phi) is 6.82. The van der Waals surface area contributed by atoms with Crippen LogP contribution in [-0.2, 0) is 20.9 Å². The van der Waals surface area contributed by atoms with Crippen molar-refractivity contribution in [1.82, 2.24) is 15.5 Å². The smallest absolute Gasteiger partial charge is 0.378 e. The number of nitrogens with one attached hydrogen (secondary N) is 2. The highest BCUT2D eigenvalue weighted by Gasteiger charge is 2.43. The predicted octanol–water partition coefficient (Wildman–Crippen LogP) is 2.32. The predicted molar refractivity (Wildman–Crippen MR) is 128 cm³/mol. The van der Waals surface area contributed by atoms with Gasteiger partial charge < -0.3 is 19.9 Å². The summed E-state index contributed by atoms with van der Waals surface area (Å²) >= 11 is 0. The van der Waals surface area contributed by atoms with Crippen LogP contribution in [0.3, 0.4) is 0 Å². The van der Waals surface area contributed by atoms with Crippen molar-refractivity contribution in [2.24, 2.45) is 0 Å². The lowest BCUT2D eigenvalue weighted by Crippen LogP contribution is -2.52. The van der Waals surface area contributed by atoms with Crippen molar-refractivity contribution in [3.05, 3.63) is 64.7 Å². The first-order chi connectivity index (χ1) is 18.1. The van der Waals surface area contributed by atoms with Crippen LogP contribution in [-0.4, -0.2) is 67.1 Å². The zero-order valence-electron chi connectivity index (χ0n) is 20.2. The number of amides is 4. The van der Waals surface area contributed by atoms with Gasteiger partial charge in [-0.05, 0) is 47.9 Å². The van der Waals surface area contributed by atoms with Crippen LogP contribution in [0, 0.1) is 0 Å². The quantitative estimate of drug-likeness (QED) is 0.575. The van der Waals surface area contributed by atoms with Gasteiger partial charge in [-0.3, -0.25) is 24.5 Å². The van der Waals surface area contributed by atoms with Crippen molar-refractivity contribution in [3.63, 3.8) is 0 Å². The minimum atomic E-state index is -4.74. The number of benzene rings is 2. The van der Waals surface area contributed by atoms with Gasteiger partial charge in [-0.1, -0.05) is 12.1 Å². The summed E-state index contributed by atoms with van der Waals surface area (Å²) in [4.78, 5) is 52.7. The highest BCUT2D eigenvalue weighted by atomic mass is 19.4. The molecule has 0 spiro atoms. The second-order valence-electron chi connectivity index (χ2n) is 9.41. The fourth-order valence-corrected chi connectivity index (χ4v) is 4.98. The molecular formula is C26H25F3N4O5. The Balaban J connectivity index is 1.31. The first-order valence-corrected chi connectivity index (χ1v) is 12.2. The summed E-state index contributed by atoms with van der Waals surface area (Å²) in [5.41, 5.74) is 1.31. The van der Waals surface area contributed by atoms with E-state index in [0.29, 0.717) is 31.9 Å². The van der Waals surface area contributed by atoms with Crippen LogP contribution in [0.5, 0.6) is 0 Å². The van der Waals surface area contributed by atoms with E-state index in [1.54, 1.807) is 12.1 Å². The number of carbonyl (C=O) groups excluding carboxylic acids is 4. The standard InChI is InChI=1S/C26H25F3N4O5/c27-26(28,29)22(15-1-4-18(5-2-15)32-9-11-38-12-10-32)31-23(35)16-3-6-19-17(13-16)14-33(25(19)37)20-7-8-21(34)30-24(20)36/h1-6,13,20,22H,7-12,14H2,(H,31,35)(H,30,34,36)/t20?,22-/m1/s1. The van der Waals surface area contributed by atoms with Crippen LogP contribution < -0.4 is 15.5 Å². The number of halogens is 3. The van der Waals surface area contributed by atoms with Crippen LogP contribution >= 0.6 is 0 Å². The molecule has 2 aromatic carbocycles. The van der Waals surface area contributed by atoms with E-state index in [0.717, 1.165) is 5.69 Å². The normalized spacial score (nSPS) is 20.7. The molecule has 0 bridgehead atoms. The Bertz CT molecular complexity index is 1270. The van der Waals surface area contributed by atoms with E-state index in [9.17, 15) is 32.3 Å². The Morgan fingerprint density at radius 3 is 2.42 bits per heavy atom. The maximum atomic E-state index is 14.0. The average Bonchev–Trinajstić information content (AvgIpc) is 3.22. The van der Waals surface area contributed by atoms with Gasteiger partial charge in [-0.15, -0.1) is 0 Å². The van der Waals surface area contributed by atoms with Crippen molar-refractivity contribution in [2.45, 2.75) is 37.6 Å². The van der Waals surface area contributed by atoms with E-state index in [4.69, 9.17) is 4.74 Å². The molecule has 3 aliphatic rings. The van der Waals surface area contributed by atoms with Crippen molar-refractivity contribution < 1.29 is 37.1 Å². The lowest BCUT2D eigenvalue weighted by Gasteiger charge is -2.29. The molecule has 0 saturated carbocycles. The Morgan fingerprint density at radius 1 is 1.05 bits per heavy atom. The van der Waals surface area contributed by atoms with Gasteiger partial charge >= 0.3 is 6.18 Å². The zero-order chi connectivity index (χ0) is 27.0. The van der Waals surface area contributed by atoms with Crippen molar-refractivity contribution in [2.75, 3.05) is 31.2 Å². The first kappa shape index (κ1) is 25.7. The van der Waals surface area contributed by atoms with Gasteiger partial charge in [0.25, 0.3) is 11.8 Å². The molecule has 2 saturated heterocycles. The van der Waals surface area contributed by atoms with Crippen LogP contribution in [0.25, 0.3) is 0 Å². The SMILES string of the molecule is O=C1CCC(N2Cc3cc(C(=O)N[C@H](c4ccc(N5CCOCC5)cc4)C(F)(F)F)ccc3C2=O)C(=O)N1. The van der Waals surface area contributed by atoms with Gasteiger partial charge in [0.2, 0.25) is 11.8 Å². The van der Waals surface area contributed by atoms with Gasteiger partial charge in [0.1, 0.15) is 6.04 Å². The summed E-state index contributed by atoms with van der Waals surface area (Å²) in [5, 5.41) is 4.29. The molecule has 38 heavy (non-hydrogen) atoms. The van der Waals surface area contributed by atoms with Crippen LogP contribution in [0.1, 0.15) is 50.7 Å². The van der Waals surface area contributed by atoms with Gasteiger partial charge in [-0.25, -0.2) is 0 Å². The third kappa shape index (κ3) is 5.08. The number of morpholine rings is 1. The van der Waals surface area contributed by atoms with Crippen LogP contribution in [0.2, 0.25) is 0 Å². The summed E-state index contributed by atoms with van der Waals surface area (Å²) in [5.74, 6) is -2.37. The molecule has 2 aromatic rings. The summed E-state index contributed by atoms with van der Waals surface area (Å²) in [7, 11) is 0. The largest absolute Gasteiger partial charge is 0.412 e. The van der Waals surface area contributed by atoms with E-state index < -0.39 is 41.9 Å². The number of alkyl halides is 3. The molecule has 12 heteroatoms. The molecule has 2 fully saturated rings. The topological polar surface area (TPSA) is 108 Å². The highest BCUT2D eigenvalue weighted by Crippen LogP contribution is 2.34. The Labute approximate surface area is 215 Å². The second-order valence-corrected chi connectivity index (χ2v) is 9.41. The monoisotopic (exact) mass is 530 g/mol. The third-order valence-electron chi connectivity index (χ3n) is 6.99. The summed E-state index contributed by atoms with van der Waals surface area (Å²) in [6, 6.07) is 6.84. The number of piperidine rings is 1. The van der Waals surface area contributed by atoms with Crippen LogP contribution in [0.4, 0.5) is 18.9 Å². The number of rotatable bonds is 5. The lowest BCUT2D eigenvalue weighted by atomic mass is 10.0. The molecule has 9 nitrogen and oxygen atoms in total. The molecule has 0 radical (unpaired) electrons. The van der Waals surface area contributed by atoms with E-state index >= 15 is 0 Å². The summed E-state index contributed by atoms with van der Waals surface area (Å²) in [6.07, 6.45) is -4.48. The van der Waals surface area contributed by atoms with Crippen molar-refractivity contribution >= 4 is 29.3 Å². The average molecular weight is 531 g/mol. The fraction of sp³-hybridized carbons (Fsp3) is 0.385. The number of fused-ring (bicyclic) bond motifs is 1. The summed E-state index contributed by atoms with van der Waals surface area (Å²) in [6.45, 7) is 2.37. The molecule has 1 unspecified atom stereocenters. The third-order valence-corrected chi connectivity index (χ3v) is 6.99. The van der Waals surface area contributed by atoms with Gasteiger partial charge in [-0.2, -0.15) is 13.2 Å². The zero-order valence-corrected chi connectivity index (χ0v) is 20.2. The van der Waals surface area contributed by atoms with E-state index in [1.807, 2.05) is 4.90 Å². The second kappa shape index (κ2) is 10.1. The van der Waals surface area contributed by atoms with E-state index in [-0.39, 0.29) is 36.1 Å². The van der Waals surface area contributed by atoms with E-state index in [2.05, 4.69) is 10.6 Å². The molecule has 0 aromatic heterocycles. The molecule has 5 rings (SSSR count). The minimum absolute atomic E-state index is 0.00721. The number of hydrogen-bond donors (Lipinski definition) is 2.